The molecule has 88 valence electrons. The van der Waals surface area contributed by atoms with Crippen LogP contribution in [-0.4, -0.2) is 18.3 Å². The van der Waals surface area contributed by atoms with Crippen molar-refractivity contribution in [1.82, 2.24) is 0 Å². The molecule has 4 heteroatoms. The molecule has 0 aromatic rings. The van der Waals surface area contributed by atoms with Gasteiger partial charge in [-0.05, 0) is 12.5 Å². The maximum atomic E-state index is 13.0. The Morgan fingerprint density at radius 2 is 2.13 bits per heavy atom. The van der Waals surface area contributed by atoms with E-state index in [0.717, 1.165) is 18.6 Å². The van der Waals surface area contributed by atoms with E-state index < -0.39 is 0 Å². The van der Waals surface area contributed by atoms with E-state index in [0.29, 0.717) is 0 Å². The van der Waals surface area contributed by atoms with Crippen molar-refractivity contribution in [3.05, 3.63) is 11.2 Å². The predicted molar refractivity (Wildman–Crippen MR) is 62.4 cm³/mol. The second kappa shape index (κ2) is 10.0. The van der Waals surface area contributed by atoms with Crippen LogP contribution in [0.4, 0.5) is 4.39 Å². The average Bonchev–Trinajstić information content (AvgIpc) is 2.17. The number of hydrogen-bond acceptors (Lipinski definition) is 3. The van der Waals surface area contributed by atoms with E-state index in [2.05, 4.69) is 11.7 Å². The van der Waals surface area contributed by atoms with Crippen molar-refractivity contribution in [1.29, 1.82) is 0 Å². The molecule has 0 unspecified atom stereocenters. The summed E-state index contributed by atoms with van der Waals surface area (Å²) in [6, 6.07) is 0. The van der Waals surface area contributed by atoms with Crippen molar-refractivity contribution in [2.24, 2.45) is 0 Å². The van der Waals surface area contributed by atoms with Gasteiger partial charge in [-0.15, -0.1) is 0 Å². The number of ether oxygens (including phenoxy) is 1. The summed E-state index contributed by atoms with van der Waals surface area (Å²) in [5.41, 5.74) is 0. The summed E-state index contributed by atoms with van der Waals surface area (Å²) in [6.07, 6.45) is 5.88. The lowest BCUT2D eigenvalue weighted by atomic mass is 10.2. The van der Waals surface area contributed by atoms with E-state index in [-0.39, 0.29) is 17.7 Å². The van der Waals surface area contributed by atoms with Crippen LogP contribution < -0.4 is 0 Å². The monoisotopic (exact) mass is 234 g/mol. The van der Waals surface area contributed by atoms with Crippen LogP contribution in [0, 0.1) is 0 Å². The highest BCUT2D eigenvalue weighted by Gasteiger charge is 1.97. The maximum absolute atomic E-state index is 13.0. The SMILES string of the molecule is CCCCCCS/C(F)=C\COC(C)=O. The van der Waals surface area contributed by atoms with E-state index >= 15 is 0 Å². The Labute approximate surface area is 95.3 Å². The Morgan fingerprint density at radius 3 is 2.73 bits per heavy atom. The van der Waals surface area contributed by atoms with Crippen LogP contribution in [0.5, 0.6) is 0 Å². The third-order valence-corrected chi connectivity index (χ3v) is 2.70. The number of rotatable bonds is 8. The lowest BCUT2D eigenvalue weighted by molar-refractivity contribution is -0.139. The summed E-state index contributed by atoms with van der Waals surface area (Å²) < 4.78 is 17.6. The molecule has 0 aromatic carbocycles. The molecule has 0 saturated heterocycles. The van der Waals surface area contributed by atoms with Crippen LogP contribution in [0.1, 0.15) is 39.5 Å². The van der Waals surface area contributed by atoms with E-state index in [1.807, 2.05) is 0 Å². The predicted octanol–water partition coefficient (Wildman–Crippen LogP) is 3.67. The Hall–Kier alpha value is -0.510. The molecule has 0 atom stereocenters. The molecule has 0 rings (SSSR count). The molecule has 0 spiro atoms. The summed E-state index contributed by atoms with van der Waals surface area (Å²) in [4.78, 5) is 10.4. The topological polar surface area (TPSA) is 26.3 Å². The van der Waals surface area contributed by atoms with Gasteiger partial charge in [-0.2, -0.15) is 4.39 Å². The van der Waals surface area contributed by atoms with Gasteiger partial charge in [0.2, 0.25) is 0 Å². The van der Waals surface area contributed by atoms with Crippen molar-refractivity contribution < 1.29 is 13.9 Å². The lowest BCUT2D eigenvalue weighted by Crippen LogP contribution is -1.97. The molecule has 0 aliphatic carbocycles. The second-order valence-corrected chi connectivity index (χ2v) is 4.31. The smallest absolute Gasteiger partial charge is 0.302 e. The molecule has 0 heterocycles. The zero-order valence-corrected chi connectivity index (χ0v) is 10.2. The first kappa shape index (κ1) is 14.5. The number of unbranched alkanes of at least 4 members (excludes halogenated alkanes) is 3. The van der Waals surface area contributed by atoms with Crippen molar-refractivity contribution in [2.75, 3.05) is 12.4 Å². The fourth-order valence-electron chi connectivity index (χ4n) is 0.982. The third kappa shape index (κ3) is 11.4. The highest BCUT2D eigenvalue weighted by molar-refractivity contribution is 8.02. The molecule has 0 bridgehead atoms. The van der Waals surface area contributed by atoms with Crippen LogP contribution in [0.3, 0.4) is 0 Å². The molecule has 2 nitrogen and oxygen atoms in total. The fourth-order valence-corrected chi connectivity index (χ4v) is 1.71. The molecule has 0 radical (unpaired) electrons. The minimum atomic E-state index is -0.382. The van der Waals surface area contributed by atoms with Crippen molar-refractivity contribution in [2.45, 2.75) is 39.5 Å². The number of halogens is 1. The molecule has 0 aliphatic rings. The van der Waals surface area contributed by atoms with Gasteiger partial charge in [0, 0.05) is 12.7 Å². The second-order valence-electron chi connectivity index (χ2n) is 3.22. The van der Waals surface area contributed by atoms with Gasteiger partial charge >= 0.3 is 5.97 Å². The molecular formula is C11H19FO2S. The zero-order chi connectivity index (χ0) is 11.5. The third-order valence-electron chi connectivity index (χ3n) is 1.77. The van der Waals surface area contributed by atoms with Gasteiger partial charge in [-0.25, -0.2) is 0 Å². The standard InChI is InChI=1S/C11H19FO2S/c1-3-4-5-6-9-15-11(12)7-8-14-10(2)13/h7H,3-6,8-9H2,1-2H3/b11-7-. The Balaban J connectivity index is 3.38. The van der Waals surface area contributed by atoms with Crippen LogP contribution in [0.2, 0.25) is 0 Å². The van der Waals surface area contributed by atoms with Gasteiger partial charge in [0.15, 0.2) is 5.16 Å². The van der Waals surface area contributed by atoms with Gasteiger partial charge in [-0.1, -0.05) is 37.9 Å². The summed E-state index contributed by atoms with van der Waals surface area (Å²) in [7, 11) is 0. The van der Waals surface area contributed by atoms with Gasteiger partial charge in [0.25, 0.3) is 0 Å². The summed E-state index contributed by atoms with van der Waals surface area (Å²) in [5.74, 6) is 0.412. The zero-order valence-electron chi connectivity index (χ0n) is 9.42. The van der Waals surface area contributed by atoms with Crippen LogP contribution in [-0.2, 0) is 9.53 Å². The molecule has 0 amide bonds. The molecule has 0 fully saturated rings. The number of carbonyl (C=O) groups is 1. The van der Waals surface area contributed by atoms with E-state index in [1.165, 1.54) is 37.6 Å². The molecule has 15 heavy (non-hydrogen) atoms. The molecule has 0 saturated carbocycles. The largest absolute Gasteiger partial charge is 0.462 e. The Kier molecular flexibility index (Phi) is 9.68. The first-order valence-electron chi connectivity index (χ1n) is 5.28. The lowest BCUT2D eigenvalue weighted by Gasteiger charge is -1.99. The van der Waals surface area contributed by atoms with Crippen LogP contribution >= 0.6 is 11.8 Å². The van der Waals surface area contributed by atoms with E-state index in [9.17, 15) is 9.18 Å². The van der Waals surface area contributed by atoms with E-state index in [4.69, 9.17) is 0 Å². The minimum Gasteiger partial charge on any atom is -0.462 e. The van der Waals surface area contributed by atoms with Crippen LogP contribution in [0.25, 0.3) is 0 Å². The first-order valence-corrected chi connectivity index (χ1v) is 6.27. The first-order chi connectivity index (χ1) is 7.16. The van der Waals surface area contributed by atoms with Gasteiger partial charge < -0.3 is 4.74 Å². The Bertz CT molecular complexity index is 205. The van der Waals surface area contributed by atoms with Gasteiger partial charge in [0.1, 0.15) is 6.61 Å². The Morgan fingerprint density at radius 1 is 1.40 bits per heavy atom. The van der Waals surface area contributed by atoms with Gasteiger partial charge in [0.05, 0.1) is 0 Å². The highest BCUT2D eigenvalue weighted by Crippen LogP contribution is 2.18. The number of esters is 1. The molecular weight excluding hydrogens is 215 g/mol. The van der Waals surface area contributed by atoms with Gasteiger partial charge in [-0.3, -0.25) is 4.79 Å². The quantitative estimate of drug-likeness (QED) is 0.473. The summed E-state index contributed by atoms with van der Waals surface area (Å²) in [5, 5.41) is -0.257. The number of thioether (sulfide) groups is 1. The summed E-state index contributed by atoms with van der Waals surface area (Å²) in [6.45, 7) is 3.49. The minimum absolute atomic E-state index is 0.0309. The van der Waals surface area contributed by atoms with Crippen molar-refractivity contribution in [3.63, 3.8) is 0 Å². The number of hydrogen-bond donors (Lipinski definition) is 0. The molecule has 0 aromatic heterocycles. The molecule has 0 N–H and O–H groups in total. The molecule has 0 aliphatic heterocycles. The maximum Gasteiger partial charge on any atom is 0.302 e. The normalized spacial score (nSPS) is 11.5. The van der Waals surface area contributed by atoms with Crippen molar-refractivity contribution in [3.8, 4) is 0 Å². The van der Waals surface area contributed by atoms with E-state index in [1.54, 1.807) is 0 Å². The highest BCUT2D eigenvalue weighted by atomic mass is 32.2. The fraction of sp³-hybridized carbons (Fsp3) is 0.727. The number of carbonyl (C=O) groups excluding carboxylic acids is 1. The average molecular weight is 234 g/mol. The van der Waals surface area contributed by atoms with Crippen LogP contribution in [0.15, 0.2) is 11.2 Å². The van der Waals surface area contributed by atoms with Crippen molar-refractivity contribution >= 4 is 17.7 Å². The summed E-state index contributed by atoms with van der Waals surface area (Å²) >= 11 is 1.18.